The number of carbonyl (C=O) groups is 2. The maximum Gasteiger partial charge on any atom is 0.293 e. The first-order valence-electron chi connectivity index (χ1n) is 7.80. The second-order valence-corrected chi connectivity index (χ2v) is 6.76. The molecule has 0 aliphatic carbocycles. The van der Waals surface area contributed by atoms with E-state index in [1.807, 2.05) is 49.4 Å². The van der Waals surface area contributed by atoms with Gasteiger partial charge in [-0.2, -0.15) is 0 Å². The van der Waals surface area contributed by atoms with E-state index in [1.165, 1.54) is 4.90 Å². The van der Waals surface area contributed by atoms with Crippen molar-refractivity contribution in [1.29, 1.82) is 0 Å². The Morgan fingerprint density at radius 3 is 2.52 bits per heavy atom. The van der Waals surface area contributed by atoms with Gasteiger partial charge in [0.1, 0.15) is 5.75 Å². The Balaban J connectivity index is 1.77. The Labute approximate surface area is 155 Å². The van der Waals surface area contributed by atoms with Gasteiger partial charge in [0.25, 0.3) is 11.1 Å². The summed E-state index contributed by atoms with van der Waals surface area (Å²) in [6.45, 7) is 2.69. The third-order valence-corrected chi connectivity index (χ3v) is 4.92. The van der Waals surface area contributed by atoms with E-state index in [2.05, 4.69) is 0 Å². The van der Waals surface area contributed by atoms with Crippen LogP contribution in [-0.2, 0) is 11.3 Å². The summed E-state index contributed by atoms with van der Waals surface area (Å²) >= 11 is 7.06. The molecule has 2 amide bonds. The molecule has 0 bridgehead atoms. The van der Waals surface area contributed by atoms with Crippen LogP contribution in [0, 0.1) is 0 Å². The van der Waals surface area contributed by atoms with Gasteiger partial charge in [0.15, 0.2) is 0 Å². The van der Waals surface area contributed by atoms with E-state index in [0.29, 0.717) is 16.5 Å². The van der Waals surface area contributed by atoms with Crippen LogP contribution in [0.25, 0.3) is 6.08 Å². The van der Waals surface area contributed by atoms with E-state index in [1.54, 1.807) is 12.1 Å². The minimum Gasteiger partial charge on any atom is -0.494 e. The van der Waals surface area contributed by atoms with Crippen molar-refractivity contribution < 1.29 is 14.3 Å². The number of hydrogen-bond acceptors (Lipinski definition) is 4. The highest BCUT2D eigenvalue weighted by atomic mass is 35.5. The van der Waals surface area contributed by atoms with Crippen molar-refractivity contribution >= 4 is 40.6 Å². The molecule has 0 atom stereocenters. The van der Waals surface area contributed by atoms with E-state index >= 15 is 0 Å². The van der Waals surface area contributed by atoms with Gasteiger partial charge in [-0.1, -0.05) is 41.9 Å². The zero-order chi connectivity index (χ0) is 17.8. The Kier molecular flexibility index (Phi) is 5.46. The van der Waals surface area contributed by atoms with Gasteiger partial charge in [-0.05, 0) is 54.1 Å². The lowest BCUT2D eigenvalue weighted by Crippen LogP contribution is -2.27. The molecule has 6 heteroatoms. The van der Waals surface area contributed by atoms with Gasteiger partial charge in [0.2, 0.25) is 0 Å². The number of halogens is 1. The lowest BCUT2D eigenvalue weighted by atomic mass is 10.2. The first kappa shape index (κ1) is 17.6. The van der Waals surface area contributed by atoms with Crippen LogP contribution in [0.3, 0.4) is 0 Å². The number of ether oxygens (including phenoxy) is 1. The molecule has 4 nitrogen and oxygen atoms in total. The third kappa shape index (κ3) is 4.06. The summed E-state index contributed by atoms with van der Waals surface area (Å²) in [4.78, 5) is 26.4. The molecule has 2 aromatic carbocycles. The fourth-order valence-electron chi connectivity index (χ4n) is 2.41. The highest BCUT2D eigenvalue weighted by molar-refractivity contribution is 8.18. The van der Waals surface area contributed by atoms with Crippen LogP contribution in [0.5, 0.6) is 5.75 Å². The highest BCUT2D eigenvalue weighted by Gasteiger charge is 2.35. The number of hydrogen-bond donors (Lipinski definition) is 0. The normalized spacial score (nSPS) is 15.9. The summed E-state index contributed by atoms with van der Waals surface area (Å²) in [5, 5.41) is 0.249. The van der Waals surface area contributed by atoms with Crippen LogP contribution in [0.15, 0.2) is 53.4 Å². The molecule has 0 radical (unpaired) electrons. The zero-order valence-corrected chi connectivity index (χ0v) is 15.1. The van der Waals surface area contributed by atoms with Crippen molar-refractivity contribution in [2.45, 2.75) is 13.5 Å². The molecule has 0 saturated carbocycles. The molecule has 25 heavy (non-hydrogen) atoms. The predicted octanol–water partition coefficient (Wildman–Crippen LogP) is 4.98. The number of rotatable bonds is 5. The second-order valence-electron chi connectivity index (χ2n) is 5.36. The Hall–Kier alpha value is -2.24. The van der Waals surface area contributed by atoms with Gasteiger partial charge in [-0.25, -0.2) is 0 Å². The zero-order valence-electron chi connectivity index (χ0n) is 13.6. The number of carbonyl (C=O) groups excluding carboxylic acids is 2. The lowest BCUT2D eigenvalue weighted by molar-refractivity contribution is -0.123. The topological polar surface area (TPSA) is 46.6 Å². The van der Waals surface area contributed by atoms with Crippen LogP contribution in [0.1, 0.15) is 18.1 Å². The summed E-state index contributed by atoms with van der Waals surface area (Å²) in [7, 11) is 0. The average Bonchev–Trinajstić information content (AvgIpc) is 2.86. The molecule has 1 heterocycles. The number of thioether (sulfide) groups is 1. The molecule has 0 spiro atoms. The summed E-state index contributed by atoms with van der Waals surface area (Å²) in [6, 6.07) is 14.6. The Morgan fingerprint density at radius 1 is 1.12 bits per heavy atom. The summed E-state index contributed by atoms with van der Waals surface area (Å²) in [5.41, 5.74) is 1.58. The van der Waals surface area contributed by atoms with Crippen molar-refractivity contribution in [1.82, 2.24) is 4.90 Å². The summed E-state index contributed by atoms with van der Waals surface area (Å²) in [5.74, 6) is 0.468. The van der Waals surface area contributed by atoms with Crippen molar-refractivity contribution in [2.24, 2.45) is 0 Å². The maximum atomic E-state index is 12.6. The molecular weight excluding hydrogens is 358 g/mol. The standard InChI is InChI=1S/C19H16ClNO3S/c1-2-24-15-9-7-13(8-10-15)11-17-18(22)21(19(23)25-17)12-14-5-3-4-6-16(14)20/h3-11H,2,12H2,1H3/b17-11-. The van der Waals surface area contributed by atoms with Crippen molar-refractivity contribution in [2.75, 3.05) is 6.61 Å². The predicted molar refractivity (Wildman–Crippen MR) is 101 cm³/mol. The number of nitrogens with zero attached hydrogens (tertiary/aromatic N) is 1. The molecule has 1 saturated heterocycles. The van der Waals surface area contributed by atoms with Gasteiger partial charge in [0, 0.05) is 5.02 Å². The molecule has 0 unspecified atom stereocenters. The molecule has 1 aliphatic heterocycles. The van der Waals surface area contributed by atoms with E-state index in [9.17, 15) is 9.59 Å². The first-order valence-corrected chi connectivity index (χ1v) is 8.99. The highest BCUT2D eigenvalue weighted by Crippen LogP contribution is 2.34. The minimum atomic E-state index is -0.302. The van der Waals surface area contributed by atoms with Crippen molar-refractivity contribution in [3.8, 4) is 5.75 Å². The molecule has 1 fully saturated rings. The first-order chi connectivity index (χ1) is 12.1. The molecule has 3 rings (SSSR count). The fraction of sp³-hybridized carbons (Fsp3) is 0.158. The average molecular weight is 374 g/mol. The number of imide groups is 1. The van der Waals surface area contributed by atoms with Crippen LogP contribution in [0.4, 0.5) is 4.79 Å². The molecular formula is C19H16ClNO3S. The van der Waals surface area contributed by atoms with E-state index < -0.39 is 0 Å². The van der Waals surface area contributed by atoms with E-state index in [4.69, 9.17) is 16.3 Å². The quantitative estimate of drug-likeness (QED) is 0.694. The van der Waals surface area contributed by atoms with Gasteiger partial charge < -0.3 is 4.74 Å². The van der Waals surface area contributed by atoms with Gasteiger partial charge in [-0.15, -0.1) is 0 Å². The largest absolute Gasteiger partial charge is 0.494 e. The summed E-state index contributed by atoms with van der Waals surface area (Å²) in [6.07, 6.45) is 1.72. The second kappa shape index (κ2) is 7.76. The smallest absolute Gasteiger partial charge is 0.293 e. The van der Waals surface area contributed by atoms with Crippen molar-refractivity contribution in [3.63, 3.8) is 0 Å². The monoisotopic (exact) mass is 373 g/mol. The van der Waals surface area contributed by atoms with Crippen LogP contribution < -0.4 is 4.74 Å². The lowest BCUT2D eigenvalue weighted by Gasteiger charge is -2.13. The molecule has 0 N–H and O–H groups in total. The Bertz CT molecular complexity index is 833. The van der Waals surface area contributed by atoms with Gasteiger partial charge in [0.05, 0.1) is 18.1 Å². The van der Waals surface area contributed by atoms with E-state index in [0.717, 1.165) is 28.6 Å². The molecule has 128 valence electrons. The third-order valence-electron chi connectivity index (χ3n) is 3.65. The molecule has 2 aromatic rings. The fourth-order valence-corrected chi connectivity index (χ4v) is 3.45. The van der Waals surface area contributed by atoms with Gasteiger partial charge in [-0.3, -0.25) is 14.5 Å². The van der Waals surface area contributed by atoms with Crippen LogP contribution in [-0.4, -0.2) is 22.7 Å². The van der Waals surface area contributed by atoms with Crippen LogP contribution >= 0.6 is 23.4 Å². The molecule has 1 aliphatic rings. The number of benzene rings is 2. The van der Waals surface area contributed by atoms with Crippen LogP contribution in [0.2, 0.25) is 5.02 Å². The number of amides is 2. The van der Waals surface area contributed by atoms with E-state index in [-0.39, 0.29) is 17.7 Å². The molecule has 0 aromatic heterocycles. The van der Waals surface area contributed by atoms with Gasteiger partial charge >= 0.3 is 0 Å². The summed E-state index contributed by atoms with van der Waals surface area (Å²) < 4.78 is 5.40. The minimum absolute atomic E-state index is 0.172. The van der Waals surface area contributed by atoms with Crippen molar-refractivity contribution in [3.05, 3.63) is 69.6 Å². The maximum absolute atomic E-state index is 12.6. The SMILES string of the molecule is CCOc1ccc(/C=C2\SC(=O)N(Cc3ccccc3Cl)C2=O)cc1. The Morgan fingerprint density at radius 2 is 1.84 bits per heavy atom.